The maximum atomic E-state index is 11.6. The summed E-state index contributed by atoms with van der Waals surface area (Å²) in [5.74, 6) is 0.475. The summed E-state index contributed by atoms with van der Waals surface area (Å²) in [5, 5.41) is 2.86. The van der Waals surface area contributed by atoms with Gasteiger partial charge in [-0.05, 0) is 43.7 Å². The minimum Gasteiger partial charge on any atom is -0.355 e. The fourth-order valence-electron chi connectivity index (χ4n) is 1.79. The van der Waals surface area contributed by atoms with Crippen LogP contribution in [-0.4, -0.2) is 18.0 Å². The van der Waals surface area contributed by atoms with Crippen molar-refractivity contribution in [2.75, 3.05) is 6.54 Å². The summed E-state index contributed by atoms with van der Waals surface area (Å²) in [7, 11) is 0. The molecule has 0 bridgehead atoms. The van der Waals surface area contributed by atoms with Crippen LogP contribution in [0.15, 0.2) is 24.3 Å². The largest absolute Gasteiger partial charge is 0.355 e. The molecule has 1 rings (SSSR count). The molecule has 3 nitrogen and oxygen atoms in total. The van der Waals surface area contributed by atoms with Gasteiger partial charge in [0.05, 0.1) is 5.54 Å². The lowest BCUT2D eigenvalue weighted by atomic mass is 10.0. The summed E-state index contributed by atoms with van der Waals surface area (Å²) in [6.45, 7) is 8.49. The number of nitrogens with two attached hydrogens (primary N) is 1. The fourth-order valence-corrected chi connectivity index (χ4v) is 1.79. The third-order valence-electron chi connectivity index (χ3n) is 3.16. The van der Waals surface area contributed by atoms with Gasteiger partial charge in [-0.2, -0.15) is 0 Å². The zero-order valence-corrected chi connectivity index (χ0v) is 12.5. The number of nitrogens with one attached hydrogen (secondary N) is 1. The molecule has 0 fully saturated rings. The Kier molecular flexibility index (Phi) is 5.55. The molecule has 1 aromatic carbocycles. The highest BCUT2D eigenvalue weighted by Crippen LogP contribution is 2.15. The van der Waals surface area contributed by atoms with E-state index in [9.17, 15) is 4.79 Å². The van der Waals surface area contributed by atoms with Crippen molar-refractivity contribution < 1.29 is 4.79 Å². The molecule has 0 unspecified atom stereocenters. The highest BCUT2D eigenvalue weighted by atomic mass is 16.2. The van der Waals surface area contributed by atoms with Crippen molar-refractivity contribution in [1.82, 2.24) is 5.32 Å². The maximum absolute atomic E-state index is 11.6. The highest BCUT2D eigenvalue weighted by molar-refractivity contribution is 5.84. The predicted molar refractivity (Wildman–Crippen MR) is 80.1 cm³/mol. The first kappa shape index (κ1) is 15.7. The van der Waals surface area contributed by atoms with Crippen LogP contribution in [0, 0.1) is 0 Å². The highest BCUT2D eigenvalue weighted by Gasteiger charge is 2.20. The third kappa shape index (κ3) is 5.43. The molecule has 0 aliphatic rings. The molecule has 0 saturated heterocycles. The van der Waals surface area contributed by atoms with E-state index in [0.29, 0.717) is 12.5 Å². The molecular weight excluding hydrogens is 236 g/mol. The molecule has 0 spiro atoms. The maximum Gasteiger partial charge on any atom is 0.239 e. The molecule has 0 saturated carbocycles. The molecule has 3 N–H and O–H groups in total. The minimum absolute atomic E-state index is 0.0948. The number of benzene rings is 1. The zero-order chi connectivity index (χ0) is 14.5. The molecule has 0 atom stereocenters. The van der Waals surface area contributed by atoms with Gasteiger partial charge in [-0.3, -0.25) is 4.79 Å². The van der Waals surface area contributed by atoms with E-state index in [1.165, 1.54) is 11.1 Å². The van der Waals surface area contributed by atoms with E-state index in [1.54, 1.807) is 13.8 Å². The van der Waals surface area contributed by atoms with Gasteiger partial charge in [0.1, 0.15) is 0 Å². The average molecular weight is 262 g/mol. The Balaban J connectivity index is 2.32. The van der Waals surface area contributed by atoms with E-state index in [0.717, 1.165) is 12.8 Å². The van der Waals surface area contributed by atoms with Gasteiger partial charge in [0.15, 0.2) is 0 Å². The Hall–Kier alpha value is -1.35. The van der Waals surface area contributed by atoms with E-state index < -0.39 is 5.54 Å². The Morgan fingerprint density at radius 1 is 1.26 bits per heavy atom. The van der Waals surface area contributed by atoms with E-state index in [-0.39, 0.29) is 5.91 Å². The third-order valence-corrected chi connectivity index (χ3v) is 3.16. The Bertz CT molecular complexity index is 402. The lowest BCUT2D eigenvalue weighted by molar-refractivity contribution is -0.125. The monoisotopic (exact) mass is 262 g/mol. The van der Waals surface area contributed by atoms with Crippen LogP contribution in [-0.2, 0) is 11.2 Å². The smallest absolute Gasteiger partial charge is 0.239 e. The summed E-state index contributed by atoms with van der Waals surface area (Å²) in [4.78, 5) is 11.6. The van der Waals surface area contributed by atoms with Crippen molar-refractivity contribution >= 4 is 5.91 Å². The van der Waals surface area contributed by atoms with Gasteiger partial charge in [-0.15, -0.1) is 0 Å². The van der Waals surface area contributed by atoms with Gasteiger partial charge in [-0.1, -0.05) is 38.1 Å². The van der Waals surface area contributed by atoms with Crippen molar-refractivity contribution in [2.45, 2.75) is 52.0 Å². The Labute approximate surface area is 116 Å². The van der Waals surface area contributed by atoms with Crippen LogP contribution in [0.5, 0.6) is 0 Å². The number of hydrogen-bond acceptors (Lipinski definition) is 2. The number of amides is 1. The molecule has 3 heteroatoms. The quantitative estimate of drug-likeness (QED) is 0.774. The lowest BCUT2D eigenvalue weighted by Gasteiger charge is -2.17. The molecule has 0 aliphatic carbocycles. The summed E-state index contributed by atoms with van der Waals surface area (Å²) in [6, 6.07) is 8.71. The molecule has 19 heavy (non-hydrogen) atoms. The number of carbonyl (C=O) groups excluding carboxylic acids is 1. The molecule has 0 aliphatic heterocycles. The second-order valence-electron chi connectivity index (χ2n) is 5.98. The summed E-state index contributed by atoms with van der Waals surface area (Å²) in [6.07, 6.45) is 1.91. The topological polar surface area (TPSA) is 55.1 Å². The van der Waals surface area contributed by atoms with Crippen LogP contribution in [0.3, 0.4) is 0 Å². The number of aryl methyl sites for hydroxylation is 1. The van der Waals surface area contributed by atoms with Crippen LogP contribution in [0.1, 0.15) is 51.2 Å². The first-order valence-corrected chi connectivity index (χ1v) is 6.96. The first-order valence-electron chi connectivity index (χ1n) is 6.96. The average Bonchev–Trinajstić information content (AvgIpc) is 2.33. The second kappa shape index (κ2) is 6.71. The van der Waals surface area contributed by atoms with Gasteiger partial charge in [0, 0.05) is 6.54 Å². The van der Waals surface area contributed by atoms with Crippen molar-refractivity contribution in [3.05, 3.63) is 35.4 Å². The Morgan fingerprint density at radius 3 is 2.32 bits per heavy atom. The number of rotatable bonds is 6. The summed E-state index contributed by atoms with van der Waals surface area (Å²) < 4.78 is 0. The fraction of sp³-hybridized carbons (Fsp3) is 0.562. The van der Waals surface area contributed by atoms with Gasteiger partial charge in [-0.25, -0.2) is 0 Å². The van der Waals surface area contributed by atoms with Crippen molar-refractivity contribution in [1.29, 1.82) is 0 Å². The van der Waals surface area contributed by atoms with Gasteiger partial charge >= 0.3 is 0 Å². The number of carbonyl (C=O) groups is 1. The molecular formula is C16H26N2O. The van der Waals surface area contributed by atoms with E-state index >= 15 is 0 Å². The summed E-state index contributed by atoms with van der Waals surface area (Å²) in [5.41, 5.74) is 7.59. The van der Waals surface area contributed by atoms with Crippen LogP contribution < -0.4 is 11.1 Å². The van der Waals surface area contributed by atoms with Crippen molar-refractivity contribution in [3.8, 4) is 0 Å². The van der Waals surface area contributed by atoms with Crippen LogP contribution in [0.25, 0.3) is 0 Å². The first-order chi connectivity index (χ1) is 8.80. The standard InChI is InChI=1S/C16H26N2O/c1-12(2)14-9-7-13(8-10-14)6-5-11-18-15(19)16(3,4)17/h7-10,12H,5-6,11,17H2,1-4H3,(H,18,19). The predicted octanol–water partition coefficient (Wildman–Crippen LogP) is 2.60. The number of hydrogen-bond donors (Lipinski definition) is 2. The van der Waals surface area contributed by atoms with Crippen molar-refractivity contribution in [3.63, 3.8) is 0 Å². The van der Waals surface area contributed by atoms with Crippen LogP contribution in [0.2, 0.25) is 0 Å². The van der Waals surface area contributed by atoms with Gasteiger partial charge in [0.2, 0.25) is 5.91 Å². The lowest BCUT2D eigenvalue weighted by Crippen LogP contribution is -2.49. The van der Waals surface area contributed by atoms with E-state index in [1.807, 2.05) is 0 Å². The van der Waals surface area contributed by atoms with E-state index in [4.69, 9.17) is 5.73 Å². The zero-order valence-electron chi connectivity index (χ0n) is 12.5. The molecule has 0 radical (unpaired) electrons. The van der Waals surface area contributed by atoms with Gasteiger partial charge in [0.25, 0.3) is 0 Å². The van der Waals surface area contributed by atoms with E-state index in [2.05, 4.69) is 43.4 Å². The van der Waals surface area contributed by atoms with Crippen molar-refractivity contribution in [2.24, 2.45) is 5.73 Å². The Morgan fingerprint density at radius 2 is 1.84 bits per heavy atom. The summed E-state index contributed by atoms with van der Waals surface area (Å²) >= 11 is 0. The normalized spacial score (nSPS) is 11.7. The minimum atomic E-state index is -0.793. The van der Waals surface area contributed by atoms with Gasteiger partial charge < -0.3 is 11.1 Å². The molecule has 0 aromatic heterocycles. The van der Waals surface area contributed by atoms with Crippen LogP contribution >= 0.6 is 0 Å². The molecule has 106 valence electrons. The van der Waals surface area contributed by atoms with Crippen LogP contribution in [0.4, 0.5) is 0 Å². The second-order valence-corrected chi connectivity index (χ2v) is 5.98. The SMILES string of the molecule is CC(C)c1ccc(CCCNC(=O)C(C)(C)N)cc1. The molecule has 0 heterocycles. The molecule has 1 aromatic rings. The molecule has 1 amide bonds.